The third-order valence-electron chi connectivity index (χ3n) is 2.87. The van der Waals surface area contributed by atoms with E-state index in [0.717, 1.165) is 19.3 Å². The highest BCUT2D eigenvalue weighted by Crippen LogP contribution is 2.13. The number of aliphatic hydroxyl groups excluding tert-OH is 1. The first kappa shape index (κ1) is 16.2. The number of methoxy groups -OCH3 is 1. The first-order valence-electron chi connectivity index (χ1n) is 6.26. The molecule has 0 aromatic carbocycles. The van der Waals surface area contributed by atoms with Crippen LogP contribution in [0.2, 0.25) is 0 Å². The summed E-state index contributed by atoms with van der Waals surface area (Å²) in [5, 5.41) is 9.05. The second kappa shape index (κ2) is 7.64. The van der Waals surface area contributed by atoms with Crippen molar-refractivity contribution >= 4 is 10.0 Å². The van der Waals surface area contributed by atoms with Crippen molar-refractivity contribution in [1.82, 2.24) is 9.29 Å². The molecule has 0 spiro atoms. The fraction of sp³-hybridized carbons (Fsp3) is 0.667. The Morgan fingerprint density at radius 2 is 2.11 bits per heavy atom. The minimum Gasteiger partial charge on any atom is -0.390 e. The van der Waals surface area contributed by atoms with Gasteiger partial charge in [0.2, 0.25) is 10.0 Å². The van der Waals surface area contributed by atoms with Crippen molar-refractivity contribution in [3.63, 3.8) is 0 Å². The highest BCUT2D eigenvalue weighted by molar-refractivity contribution is 7.89. The fourth-order valence-corrected chi connectivity index (χ4v) is 2.89. The Hall–Kier alpha value is -0.890. The van der Waals surface area contributed by atoms with Crippen LogP contribution in [0.3, 0.4) is 0 Å². The van der Waals surface area contributed by atoms with E-state index in [1.165, 1.54) is 12.3 Å². The topological polar surface area (TPSA) is 80.6 Å². The quantitative estimate of drug-likeness (QED) is 0.653. The predicted octanol–water partition coefficient (Wildman–Crippen LogP) is 0.612. The number of hydrogen-bond acceptors (Lipinski definition) is 4. The van der Waals surface area contributed by atoms with Crippen molar-refractivity contribution in [3.05, 3.63) is 18.0 Å². The summed E-state index contributed by atoms with van der Waals surface area (Å²) in [6, 6.07) is 1.48. The third-order valence-corrected chi connectivity index (χ3v) is 4.30. The standard InChI is InChI=1S/C12H22N2O4S/c1-14-9-12(8-11(14)10-15)19(16,17)13-6-4-3-5-7-18-2/h8-9,13,15H,3-7,10H2,1-2H3. The van der Waals surface area contributed by atoms with Crippen LogP contribution in [0.4, 0.5) is 0 Å². The summed E-state index contributed by atoms with van der Waals surface area (Å²) in [7, 11) is -0.125. The molecule has 0 unspecified atom stereocenters. The Morgan fingerprint density at radius 1 is 1.37 bits per heavy atom. The van der Waals surface area contributed by atoms with E-state index in [-0.39, 0.29) is 11.5 Å². The lowest BCUT2D eigenvalue weighted by atomic mass is 10.2. The summed E-state index contributed by atoms with van der Waals surface area (Å²) in [6.45, 7) is 0.934. The van der Waals surface area contributed by atoms with Crippen LogP contribution in [0.1, 0.15) is 25.0 Å². The van der Waals surface area contributed by atoms with Gasteiger partial charge in [0.15, 0.2) is 0 Å². The van der Waals surface area contributed by atoms with E-state index in [1.807, 2.05) is 0 Å². The third kappa shape index (κ3) is 4.94. The number of unbranched alkanes of at least 4 members (excludes halogenated alkanes) is 2. The van der Waals surface area contributed by atoms with Gasteiger partial charge in [-0.2, -0.15) is 0 Å². The molecule has 0 aliphatic rings. The van der Waals surface area contributed by atoms with Crippen molar-refractivity contribution in [2.75, 3.05) is 20.3 Å². The monoisotopic (exact) mass is 290 g/mol. The number of nitrogens with zero attached hydrogens (tertiary/aromatic N) is 1. The van der Waals surface area contributed by atoms with Gasteiger partial charge in [-0.15, -0.1) is 0 Å². The van der Waals surface area contributed by atoms with Gasteiger partial charge in [-0.1, -0.05) is 0 Å². The average molecular weight is 290 g/mol. The largest absolute Gasteiger partial charge is 0.390 e. The molecule has 2 N–H and O–H groups in total. The molecule has 0 atom stereocenters. The van der Waals surface area contributed by atoms with Crippen LogP contribution in [-0.2, 0) is 28.4 Å². The molecule has 0 fully saturated rings. The van der Waals surface area contributed by atoms with Crippen LogP contribution >= 0.6 is 0 Å². The molecule has 1 aromatic rings. The van der Waals surface area contributed by atoms with Crippen LogP contribution in [-0.4, -0.2) is 38.4 Å². The van der Waals surface area contributed by atoms with E-state index in [1.54, 1.807) is 18.7 Å². The average Bonchev–Trinajstić information content (AvgIpc) is 2.76. The van der Waals surface area contributed by atoms with E-state index in [9.17, 15) is 8.42 Å². The van der Waals surface area contributed by atoms with Crippen molar-refractivity contribution in [3.8, 4) is 0 Å². The number of aromatic nitrogens is 1. The van der Waals surface area contributed by atoms with Crippen molar-refractivity contribution < 1.29 is 18.3 Å². The number of aliphatic hydroxyl groups is 1. The Bertz CT molecular complexity index is 482. The van der Waals surface area contributed by atoms with Crippen LogP contribution in [0.15, 0.2) is 17.2 Å². The zero-order valence-electron chi connectivity index (χ0n) is 11.4. The van der Waals surface area contributed by atoms with Crippen LogP contribution < -0.4 is 4.72 Å². The zero-order chi connectivity index (χ0) is 14.3. The molecule has 6 nitrogen and oxygen atoms in total. The van der Waals surface area contributed by atoms with Gasteiger partial charge >= 0.3 is 0 Å². The Labute approximate surface area is 114 Å². The van der Waals surface area contributed by atoms with Crippen LogP contribution in [0, 0.1) is 0 Å². The highest BCUT2D eigenvalue weighted by atomic mass is 32.2. The van der Waals surface area contributed by atoms with Crippen LogP contribution in [0.5, 0.6) is 0 Å². The molecule has 110 valence electrons. The van der Waals surface area contributed by atoms with Crippen molar-refractivity contribution in [2.45, 2.75) is 30.8 Å². The Balaban J connectivity index is 2.47. The van der Waals surface area contributed by atoms with E-state index >= 15 is 0 Å². The summed E-state index contributed by atoms with van der Waals surface area (Å²) in [4.78, 5) is 0.191. The van der Waals surface area contributed by atoms with Crippen molar-refractivity contribution in [1.29, 1.82) is 0 Å². The molecule has 1 aromatic heterocycles. The van der Waals surface area contributed by atoms with Gasteiger partial charge in [0.1, 0.15) is 0 Å². The number of rotatable bonds is 9. The molecule has 0 saturated heterocycles. The lowest BCUT2D eigenvalue weighted by Crippen LogP contribution is -2.24. The number of aryl methyl sites for hydroxylation is 1. The normalized spacial score (nSPS) is 11.9. The van der Waals surface area contributed by atoms with Gasteiger partial charge in [0.25, 0.3) is 0 Å². The van der Waals surface area contributed by atoms with Gasteiger partial charge in [-0.3, -0.25) is 0 Å². The maximum Gasteiger partial charge on any atom is 0.242 e. The fourth-order valence-electron chi connectivity index (χ4n) is 1.72. The first-order chi connectivity index (χ1) is 9.01. The minimum atomic E-state index is -3.48. The van der Waals surface area contributed by atoms with Gasteiger partial charge in [-0.05, 0) is 25.3 Å². The molecular weight excluding hydrogens is 268 g/mol. The molecule has 0 bridgehead atoms. The van der Waals surface area contributed by atoms with E-state index < -0.39 is 10.0 Å². The minimum absolute atomic E-state index is 0.178. The van der Waals surface area contributed by atoms with Gasteiger partial charge in [0, 0.05) is 39.2 Å². The smallest absolute Gasteiger partial charge is 0.242 e. The summed E-state index contributed by atoms with van der Waals surface area (Å²) >= 11 is 0. The molecule has 1 heterocycles. The molecule has 19 heavy (non-hydrogen) atoms. The molecular formula is C12H22N2O4S. The highest BCUT2D eigenvalue weighted by Gasteiger charge is 2.16. The van der Waals surface area contributed by atoms with E-state index in [4.69, 9.17) is 9.84 Å². The first-order valence-corrected chi connectivity index (χ1v) is 7.74. The second-order valence-corrected chi connectivity index (χ2v) is 6.15. The summed E-state index contributed by atoms with van der Waals surface area (Å²) in [6.07, 6.45) is 4.13. The Morgan fingerprint density at radius 3 is 2.68 bits per heavy atom. The zero-order valence-corrected chi connectivity index (χ0v) is 12.2. The summed E-state index contributed by atoms with van der Waals surface area (Å²) in [5.41, 5.74) is 0.570. The summed E-state index contributed by atoms with van der Waals surface area (Å²) < 4.78 is 33.0. The maximum absolute atomic E-state index is 12.0. The lowest BCUT2D eigenvalue weighted by Gasteiger charge is -2.04. The van der Waals surface area contributed by atoms with Gasteiger partial charge < -0.3 is 14.4 Å². The molecule has 0 amide bonds. The molecule has 7 heteroatoms. The molecule has 0 radical (unpaired) electrons. The number of sulfonamides is 1. The number of ether oxygens (including phenoxy) is 1. The number of hydrogen-bond donors (Lipinski definition) is 2. The second-order valence-electron chi connectivity index (χ2n) is 4.39. The van der Waals surface area contributed by atoms with Crippen molar-refractivity contribution in [2.24, 2.45) is 7.05 Å². The molecule has 1 rings (SSSR count). The van der Waals surface area contributed by atoms with Gasteiger partial charge in [-0.25, -0.2) is 13.1 Å². The number of nitrogens with one attached hydrogen (secondary N) is 1. The molecule has 0 saturated carbocycles. The Kier molecular flexibility index (Phi) is 6.50. The van der Waals surface area contributed by atoms with E-state index in [0.29, 0.717) is 18.8 Å². The predicted molar refractivity (Wildman–Crippen MR) is 72.3 cm³/mol. The van der Waals surface area contributed by atoms with Gasteiger partial charge in [0.05, 0.1) is 11.5 Å². The molecule has 0 aliphatic heterocycles. The maximum atomic E-state index is 12.0. The molecule has 0 aliphatic carbocycles. The SMILES string of the molecule is COCCCCCNS(=O)(=O)c1cc(CO)n(C)c1. The summed E-state index contributed by atoms with van der Waals surface area (Å²) in [5.74, 6) is 0. The lowest BCUT2D eigenvalue weighted by molar-refractivity contribution is 0.192. The van der Waals surface area contributed by atoms with Crippen LogP contribution in [0.25, 0.3) is 0 Å². The van der Waals surface area contributed by atoms with E-state index in [2.05, 4.69) is 4.72 Å².